The molecule has 2 aromatic carbocycles. The molecule has 0 aliphatic rings. The first-order valence-corrected chi connectivity index (χ1v) is 7.96. The van der Waals surface area contributed by atoms with Gasteiger partial charge in [0, 0.05) is 11.0 Å². The van der Waals surface area contributed by atoms with Crippen molar-refractivity contribution in [2.75, 3.05) is 12.4 Å². The van der Waals surface area contributed by atoms with E-state index in [2.05, 4.69) is 10.3 Å². The number of carbonyl (C=O) groups is 1. The second kappa shape index (κ2) is 6.62. The topological polar surface area (TPSA) is 57.0 Å². The van der Waals surface area contributed by atoms with Gasteiger partial charge in [0.25, 0.3) is 5.91 Å². The van der Waals surface area contributed by atoms with Crippen molar-refractivity contribution in [3.8, 4) is 5.75 Å². The highest BCUT2D eigenvalue weighted by Crippen LogP contribution is 2.21. The number of carbonyl (C=O) groups excluding carboxylic acids is 1. The molecular formula is C16H15N3O2S. The lowest BCUT2D eigenvalue weighted by Gasteiger charge is -2.03. The van der Waals surface area contributed by atoms with E-state index in [1.54, 1.807) is 6.07 Å². The fourth-order valence-electron chi connectivity index (χ4n) is 2.07. The minimum atomic E-state index is -0.0967. The molecule has 5 nitrogen and oxygen atoms in total. The SMILES string of the molecule is CCOc1ccc2c(c1)nnn2C(=O)CSc1ccccc1. The van der Waals surface area contributed by atoms with E-state index >= 15 is 0 Å². The van der Waals surface area contributed by atoms with Crippen molar-refractivity contribution in [1.82, 2.24) is 15.0 Å². The number of aromatic nitrogens is 3. The average molecular weight is 313 g/mol. The smallest absolute Gasteiger partial charge is 0.259 e. The van der Waals surface area contributed by atoms with Gasteiger partial charge in [-0.3, -0.25) is 4.79 Å². The van der Waals surface area contributed by atoms with E-state index in [-0.39, 0.29) is 5.91 Å². The first-order chi connectivity index (χ1) is 10.8. The van der Waals surface area contributed by atoms with Crippen LogP contribution in [0.15, 0.2) is 53.4 Å². The maximum Gasteiger partial charge on any atom is 0.259 e. The first kappa shape index (κ1) is 14.6. The third-order valence-corrected chi connectivity index (χ3v) is 4.07. The fraction of sp³-hybridized carbons (Fsp3) is 0.188. The fourth-order valence-corrected chi connectivity index (χ4v) is 2.83. The van der Waals surface area contributed by atoms with Crippen molar-refractivity contribution in [3.05, 3.63) is 48.5 Å². The summed E-state index contributed by atoms with van der Waals surface area (Å²) >= 11 is 1.48. The molecule has 0 saturated carbocycles. The number of hydrogen-bond acceptors (Lipinski definition) is 5. The number of ether oxygens (including phenoxy) is 1. The Balaban J connectivity index is 1.76. The third kappa shape index (κ3) is 3.12. The molecule has 0 bridgehead atoms. The quantitative estimate of drug-likeness (QED) is 0.677. The molecule has 3 aromatic rings. The Kier molecular flexibility index (Phi) is 4.39. The van der Waals surface area contributed by atoms with Crippen LogP contribution >= 0.6 is 11.8 Å². The van der Waals surface area contributed by atoms with Gasteiger partial charge in [0.2, 0.25) is 0 Å². The highest BCUT2D eigenvalue weighted by Gasteiger charge is 2.13. The second-order valence-corrected chi connectivity index (χ2v) is 5.63. The van der Waals surface area contributed by atoms with Crippen LogP contribution in [0.4, 0.5) is 0 Å². The van der Waals surface area contributed by atoms with Gasteiger partial charge in [-0.05, 0) is 31.2 Å². The summed E-state index contributed by atoms with van der Waals surface area (Å²) in [5.74, 6) is 0.948. The van der Waals surface area contributed by atoms with Crippen LogP contribution < -0.4 is 4.74 Å². The van der Waals surface area contributed by atoms with Gasteiger partial charge in [0.1, 0.15) is 11.3 Å². The molecule has 0 amide bonds. The molecule has 0 atom stereocenters. The third-order valence-electron chi connectivity index (χ3n) is 3.07. The van der Waals surface area contributed by atoms with Crippen molar-refractivity contribution >= 4 is 28.7 Å². The lowest BCUT2D eigenvalue weighted by molar-refractivity contribution is 0.0929. The summed E-state index contributed by atoms with van der Waals surface area (Å²) in [5, 5.41) is 8.00. The summed E-state index contributed by atoms with van der Waals surface area (Å²) in [5.41, 5.74) is 1.35. The van der Waals surface area contributed by atoms with Gasteiger partial charge >= 0.3 is 0 Å². The zero-order valence-corrected chi connectivity index (χ0v) is 12.9. The predicted molar refractivity (Wildman–Crippen MR) is 86.5 cm³/mol. The summed E-state index contributed by atoms with van der Waals surface area (Å²) in [4.78, 5) is 13.4. The number of thioether (sulfide) groups is 1. The molecule has 1 aromatic heterocycles. The Morgan fingerprint density at radius 2 is 2.05 bits per heavy atom. The molecule has 0 unspecified atom stereocenters. The molecule has 0 fully saturated rings. The lowest BCUT2D eigenvalue weighted by Crippen LogP contribution is -2.14. The van der Waals surface area contributed by atoms with E-state index in [4.69, 9.17) is 4.74 Å². The monoisotopic (exact) mass is 313 g/mol. The summed E-state index contributed by atoms with van der Waals surface area (Å²) in [6.07, 6.45) is 0. The summed E-state index contributed by atoms with van der Waals surface area (Å²) in [7, 11) is 0. The maximum atomic E-state index is 12.3. The van der Waals surface area contributed by atoms with Gasteiger partial charge in [-0.25, -0.2) is 0 Å². The minimum Gasteiger partial charge on any atom is -0.494 e. The van der Waals surface area contributed by atoms with Crippen LogP contribution in [0, 0.1) is 0 Å². The Labute approximate surface area is 132 Å². The predicted octanol–water partition coefficient (Wildman–Crippen LogP) is 3.26. The van der Waals surface area contributed by atoms with Gasteiger partial charge in [-0.1, -0.05) is 23.4 Å². The van der Waals surface area contributed by atoms with Crippen LogP contribution in [0.3, 0.4) is 0 Å². The zero-order valence-electron chi connectivity index (χ0n) is 12.1. The van der Waals surface area contributed by atoms with Crippen LogP contribution in [-0.2, 0) is 0 Å². The largest absolute Gasteiger partial charge is 0.494 e. The molecule has 3 rings (SSSR count). The van der Waals surface area contributed by atoms with Crippen molar-refractivity contribution in [2.45, 2.75) is 11.8 Å². The van der Waals surface area contributed by atoms with Gasteiger partial charge in [0.15, 0.2) is 0 Å². The summed E-state index contributed by atoms with van der Waals surface area (Å²) < 4.78 is 6.77. The minimum absolute atomic E-state index is 0.0967. The van der Waals surface area contributed by atoms with E-state index in [9.17, 15) is 4.79 Å². The van der Waals surface area contributed by atoms with Crippen LogP contribution in [-0.4, -0.2) is 33.3 Å². The molecule has 6 heteroatoms. The molecule has 22 heavy (non-hydrogen) atoms. The van der Waals surface area contributed by atoms with Crippen LogP contribution in [0.1, 0.15) is 11.7 Å². The van der Waals surface area contributed by atoms with Crippen molar-refractivity contribution in [1.29, 1.82) is 0 Å². The van der Waals surface area contributed by atoms with E-state index in [1.807, 2.05) is 49.4 Å². The molecule has 112 valence electrons. The second-order valence-electron chi connectivity index (χ2n) is 4.58. The molecule has 0 spiro atoms. The molecule has 0 aliphatic carbocycles. The Bertz CT molecular complexity index is 786. The average Bonchev–Trinajstić information content (AvgIpc) is 2.97. The van der Waals surface area contributed by atoms with Gasteiger partial charge in [-0.2, -0.15) is 4.68 Å². The molecule has 0 N–H and O–H groups in total. The lowest BCUT2D eigenvalue weighted by atomic mass is 10.3. The van der Waals surface area contributed by atoms with Crippen molar-refractivity contribution in [3.63, 3.8) is 0 Å². The Morgan fingerprint density at radius 1 is 1.23 bits per heavy atom. The number of nitrogens with zero attached hydrogens (tertiary/aromatic N) is 3. The normalized spacial score (nSPS) is 10.8. The van der Waals surface area contributed by atoms with Crippen LogP contribution in [0.2, 0.25) is 0 Å². The highest BCUT2D eigenvalue weighted by molar-refractivity contribution is 8.00. The molecule has 1 heterocycles. The number of benzene rings is 2. The molecular weight excluding hydrogens is 298 g/mol. The van der Waals surface area contributed by atoms with Gasteiger partial charge in [-0.15, -0.1) is 16.9 Å². The number of rotatable bonds is 5. The molecule has 0 saturated heterocycles. The first-order valence-electron chi connectivity index (χ1n) is 6.97. The van der Waals surface area contributed by atoms with E-state index in [1.165, 1.54) is 16.4 Å². The summed E-state index contributed by atoms with van der Waals surface area (Å²) in [6, 6.07) is 15.2. The number of fused-ring (bicyclic) bond motifs is 1. The van der Waals surface area contributed by atoms with Crippen molar-refractivity contribution in [2.24, 2.45) is 0 Å². The number of hydrogen-bond donors (Lipinski definition) is 0. The van der Waals surface area contributed by atoms with Crippen molar-refractivity contribution < 1.29 is 9.53 Å². The standard InChI is InChI=1S/C16H15N3O2S/c1-2-21-12-8-9-15-14(10-12)17-18-19(15)16(20)11-22-13-6-4-3-5-7-13/h3-10H,2,11H2,1H3. The van der Waals surface area contributed by atoms with Gasteiger partial charge < -0.3 is 4.74 Å². The van der Waals surface area contributed by atoms with E-state index in [0.29, 0.717) is 23.4 Å². The Hall–Kier alpha value is -2.34. The van der Waals surface area contributed by atoms with E-state index in [0.717, 1.165) is 10.6 Å². The Morgan fingerprint density at radius 3 is 2.82 bits per heavy atom. The van der Waals surface area contributed by atoms with Crippen LogP contribution in [0.5, 0.6) is 5.75 Å². The molecule has 0 radical (unpaired) electrons. The highest BCUT2D eigenvalue weighted by atomic mass is 32.2. The maximum absolute atomic E-state index is 12.3. The van der Waals surface area contributed by atoms with E-state index < -0.39 is 0 Å². The van der Waals surface area contributed by atoms with Crippen LogP contribution in [0.25, 0.3) is 11.0 Å². The van der Waals surface area contributed by atoms with Gasteiger partial charge in [0.05, 0.1) is 17.9 Å². The summed E-state index contributed by atoms with van der Waals surface area (Å²) in [6.45, 7) is 2.51. The zero-order chi connectivity index (χ0) is 15.4. The molecule has 0 aliphatic heterocycles.